The molecule has 0 saturated carbocycles. The number of hydrogen-bond donors (Lipinski definition) is 1. The van der Waals surface area contributed by atoms with Gasteiger partial charge in [-0.05, 0) is 42.8 Å². The van der Waals surface area contributed by atoms with Crippen molar-refractivity contribution >= 4 is 23.2 Å². The van der Waals surface area contributed by atoms with E-state index >= 15 is 0 Å². The van der Waals surface area contributed by atoms with E-state index < -0.39 is 11.7 Å². The standard InChI is InChI=1S/C15H13ClFNO2/c1-9-3-5-13(12(17)7-9)18-15(19)11-8-10(16)4-6-14(11)20-2/h3-8H,1-2H3,(H,18,19). The zero-order valence-corrected chi connectivity index (χ0v) is 11.8. The number of anilines is 1. The third-order valence-corrected chi connectivity index (χ3v) is 3.01. The molecule has 0 atom stereocenters. The molecule has 2 rings (SSSR count). The molecule has 0 bridgehead atoms. The van der Waals surface area contributed by atoms with Crippen LogP contribution in [0.5, 0.6) is 5.75 Å². The van der Waals surface area contributed by atoms with E-state index in [1.165, 1.54) is 25.3 Å². The fourth-order valence-electron chi connectivity index (χ4n) is 1.77. The lowest BCUT2D eigenvalue weighted by molar-refractivity contribution is 0.102. The molecule has 0 fully saturated rings. The van der Waals surface area contributed by atoms with Crippen molar-refractivity contribution in [1.82, 2.24) is 0 Å². The van der Waals surface area contributed by atoms with Crippen molar-refractivity contribution in [3.8, 4) is 5.75 Å². The predicted molar refractivity (Wildman–Crippen MR) is 77.1 cm³/mol. The molecular weight excluding hydrogens is 281 g/mol. The summed E-state index contributed by atoms with van der Waals surface area (Å²) in [6, 6.07) is 9.26. The molecule has 2 aromatic carbocycles. The van der Waals surface area contributed by atoms with Crippen LogP contribution in [0, 0.1) is 12.7 Å². The van der Waals surface area contributed by atoms with Gasteiger partial charge in [0, 0.05) is 5.02 Å². The molecule has 0 unspecified atom stereocenters. The van der Waals surface area contributed by atoms with Gasteiger partial charge in [-0.15, -0.1) is 0 Å². The molecule has 20 heavy (non-hydrogen) atoms. The topological polar surface area (TPSA) is 38.3 Å². The number of methoxy groups -OCH3 is 1. The number of ether oxygens (including phenoxy) is 1. The summed E-state index contributed by atoms with van der Waals surface area (Å²) in [5, 5.41) is 2.91. The third kappa shape index (κ3) is 3.08. The molecule has 0 saturated heterocycles. The molecule has 0 aliphatic carbocycles. The number of halogens is 2. The summed E-state index contributed by atoms with van der Waals surface area (Å²) in [5.74, 6) is -0.592. The lowest BCUT2D eigenvalue weighted by atomic mass is 10.1. The minimum absolute atomic E-state index is 0.114. The van der Waals surface area contributed by atoms with Crippen LogP contribution in [0.15, 0.2) is 36.4 Å². The first-order valence-corrected chi connectivity index (χ1v) is 6.30. The average Bonchev–Trinajstić information content (AvgIpc) is 2.41. The number of carbonyl (C=O) groups excluding carboxylic acids is 1. The number of hydrogen-bond acceptors (Lipinski definition) is 2. The van der Waals surface area contributed by atoms with Crippen LogP contribution >= 0.6 is 11.6 Å². The van der Waals surface area contributed by atoms with Crippen molar-refractivity contribution in [2.75, 3.05) is 12.4 Å². The minimum atomic E-state index is -0.487. The van der Waals surface area contributed by atoms with Crippen molar-refractivity contribution in [3.63, 3.8) is 0 Å². The molecule has 1 amide bonds. The smallest absolute Gasteiger partial charge is 0.259 e. The van der Waals surface area contributed by atoms with Crippen molar-refractivity contribution < 1.29 is 13.9 Å². The molecular formula is C15H13ClFNO2. The van der Waals surface area contributed by atoms with E-state index in [-0.39, 0.29) is 11.3 Å². The highest BCUT2D eigenvalue weighted by Gasteiger charge is 2.14. The fourth-order valence-corrected chi connectivity index (χ4v) is 1.94. The Balaban J connectivity index is 2.30. The average molecular weight is 294 g/mol. The molecule has 0 aliphatic heterocycles. The Labute approximate surface area is 121 Å². The van der Waals surface area contributed by atoms with Gasteiger partial charge in [0.05, 0.1) is 18.4 Å². The summed E-state index contributed by atoms with van der Waals surface area (Å²) >= 11 is 5.86. The van der Waals surface area contributed by atoms with Gasteiger partial charge in [-0.2, -0.15) is 0 Å². The van der Waals surface area contributed by atoms with Crippen molar-refractivity contribution in [2.24, 2.45) is 0 Å². The summed E-state index contributed by atoms with van der Waals surface area (Å²) in [7, 11) is 1.45. The van der Waals surface area contributed by atoms with E-state index in [0.717, 1.165) is 5.56 Å². The first-order chi connectivity index (χ1) is 9.51. The van der Waals surface area contributed by atoms with E-state index in [1.807, 2.05) is 0 Å². The van der Waals surface area contributed by atoms with Gasteiger partial charge in [0.2, 0.25) is 0 Å². The molecule has 0 heterocycles. The predicted octanol–water partition coefficient (Wildman–Crippen LogP) is 4.05. The lowest BCUT2D eigenvalue weighted by Crippen LogP contribution is -2.14. The van der Waals surface area contributed by atoms with Crippen LogP contribution in [0.3, 0.4) is 0 Å². The Bertz CT molecular complexity index is 658. The monoisotopic (exact) mass is 293 g/mol. The molecule has 2 aromatic rings. The second-order valence-electron chi connectivity index (χ2n) is 4.28. The van der Waals surface area contributed by atoms with Gasteiger partial charge in [-0.1, -0.05) is 17.7 Å². The lowest BCUT2D eigenvalue weighted by Gasteiger charge is -2.10. The van der Waals surface area contributed by atoms with Gasteiger partial charge in [0.25, 0.3) is 5.91 Å². The number of rotatable bonds is 3. The van der Waals surface area contributed by atoms with Crippen LogP contribution in [0.25, 0.3) is 0 Å². The Hall–Kier alpha value is -2.07. The SMILES string of the molecule is COc1ccc(Cl)cc1C(=O)Nc1ccc(C)cc1F. The normalized spacial score (nSPS) is 10.2. The second-order valence-corrected chi connectivity index (χ2v) is 4.72. The van der Waals surface area contributed by atoms with E-state index in [9.17, 15) is 9.18 Å². The maximum Gasteiger partial charge on any atom is 0.259 e. The Morgan fingerprint density at radius 3 is 2.65 bits per heavy atom. The van der Waals surface area contributed by atoms with E-state index in [4.69, 9.17) is 16.3 Å². The molecule has 5 heteroatoms. The minimum Gasteiger partial charge on any atom is -0.496 e. The fraction of sp³-hybridized carbons (Fsp3) is 0.133. The van der Waals surface area contributed by atoms with Crippen LogP contribution < -0.4 is 10.1 Å². The summed E-state index contributed by atoms with van der Waals surface area (Å²) in [4.78, 5) is 12.2. The van der Waals surface area contributed by atoms with Gasteiger partial charge < -0.3 is 10.1 Å². The number of benzene rings is 2. The van der Waals surface area contributed by atoms with Gasteiger partial charge in [-0.25, -0.2) is 4.39 Å². The first kappa shape index (κ1) is 14.3. The largest absolute Gasteiger partial charge is 0.496 e. The summed E-state index contributed by atoms with van der Waals surface area (Å²) in [6.45, 7) is 1.77. The molecule has 0 spiro atoms. The summed E-state index contributed by atoms with van der Waals surface area (Å²) in [6.07, 6.45) is 0. The van der Waals surface area contributed by atoms with Gasteiger partial charge in [0.1, 0.15) is 11.6 Å². The van der Waals surface area contributed by atoms with E-state index in [1.54, 1.807) is 25.1 Å². The molecule has 104 valence electrons. The molecule has 1 N–H and O–H groups in total. The highest BCUT2D eigenvalue weighted by Crippen LogP contribution is 2.24. The number of carbonyl (C=O) groups is 1. The van der Waals surface area contributed by atoms with Gasteiger partial charge in [-0.3, -0.25) is 4.79 Å². The van der Waals surface area contributed by atoms with Crippen LogP contribution in [0.2, 0.25) is 5.02 Å². The van der Waals surface area contributed by atoms with E-state index in [0.29, 0.717) is 10.8 Å². The van der Waals surface area contributed by atoms with Crippen molar-refractivity contribution in [3.05, 3.63) is 58.4 Å². The second kappa shape index (κ2) is 5.92. The highest BCUT2D eigenvalue weighted by molar-refractivity contribution is 6.31. The zero-order chi connectivity index (χ0) is 14.7. The Morgan fingerprint density at radius 1 is 1.25 bits per heavy atom. The number of nitrogens with one attached hydrogen (secondary N) is 1. The quantitative estimate of drug-likeness (QED) is 0.927. The highest BCUT2D eigenvalue weighted by atomic mass is 35.5. The number of amides is 1. The molecule has 3 nitrogen and oxygen atoms in total. The summed E-state index contributed by atoms with van der Waals surface area (Å²) in [5.41, 5.74) is 1.14. The van der Waals surface area contributed by atoms with Crippen molar-refractivity contribution in [2.45, 2.75) is 6.92 Å². The Kier molecular flexibility index (Phi) is 4.25. The molecule has 0 aromatic heterocycles. The van der Waals surface area contributed by atoms with Crippen LogP contribution in [-0.2, 0) is 0 Å². The molecule has 0 aliphatic rings. The maximum atomic E-state index is 13.7. The first-order valence-electron chi connectivity index (χ1n) is 5.92. The Morgan fingerprint density at radius 2 is 2.00 bits per heavy atom. The number of aryl methyl sites for hydroxylation is 1. The maximum absolute atomic E-state index is 13.7. The van der Waals surface area contributed by atoms with Gasteiger partial charge >= 0.3 is 0 Å². The third-order valence-electron chi connectivity index (χ3n) is 2.78. The zero-order valence-electron chi connectivity index (χ0n) is 11.0. The van der Waals surface area contributed by atoms with Crippen LogP contribution in [-0.4, -0.2) is 13.0 Å². The van der Waals surface area contributed by atoms with Gasteiger partial charge in [0.15, 0.2) is 0 Å². The molecule has 0 radical (unpaired) electrons. The van der Waals surface area contributed by atoms with Crippen LogP contribution in [0.4, 0.5) is 10.1 Å². The van der Waals surface area contributed by atoms with E-state index in [2.05, 4.69) is 5.32 Å². The summed E-state index contributed by atoms with van der Waals surface area (Å²) < 4.78 is 18.8. The van der Waals surface area contributed by atoms with Crippen LogP contribution in [0.1, 0.15) is 15.9 Å². The van der Waals surface area contributed by atoms with Crippen molar-refractivity contribution in [1.29, 1.82) is 0 Å².